The van der Waals surface area contributed by atoms with E-state index in [2.05, 4.69) is 43.1 Å². The Hall–Kier alpha value is -0.120. The van der Waals surface area contributed by atoms with Crippen molar-refractivity contribution in [2.75, 3.05) is 40.3 Å². The molecule has 1 aliphatic heterocycles. The van der Waals surface area contributed by atoms with Crippen molar-refractivity contribution in [3.63, 3.8) is 0 Å². The van der Waals surface area contributed by atoms with Crippen LogP contribution in [0.4, 0.5) is 0 Å². The zero-order valence-electron chi connectivity index (χ0n) is 12.2. The van der Waals surface area contributed by atoms with Gasteiger partial charge in [0.2, 0.25) is 0 Å². The van der Waals surface area contributed by atoms with E-state index in [4.69, 9.17) is 0 Å². The van der Waals surface area contributed by atoms with E-state index in [1.165, 1.54) is 51.9 Å². The van der Waals surface area contributed by atoms with Gasteiger partial charge in [0.15, 0.2) is 0 Å². The molecule has 0 aliphatic carbocycles. The van der Waals surface area contributed by atoms with Gasteiger partial charge in [0.05, 0.1) is 0 Å². The molecule has 1 heterocycles. The van der Waals surface area contributed by atoms with Crippen molar-refractivity contribution in [3.05, 3.63) is 0 Å². The lowest BCUT2D eigenvalue weighted by Gasteiger charge is -2.30. The van der Waals surface area contributed by atoms with Crippen LogP contribution in [0.15, 0.2) is 0 Å². The Kier molecular flexibility index (Phi) is 7.09. The normalized spacial score (nSPS) is 24.9. The number of rotatable bonds is 6. The average Bonchev–Trinajstić information content (AvgIpc) is 2.52. The van der Waals surface area contributed by atoms with Crippen molar-refractivity contribution in [1.82, 2.24) is 15.1 Å². The summed E-state index contributed by atoms with van der Waals surface area (Å²) in [7, 11) is 4.33. The maximum absolute atomic E-state index is 3.68. The van der Waals surface area contributed by atoms with Gasteiger partial charge in [-0.3, -0.25) is 4.90 Å². The first-order valence-corrected chi connectivity index (χ1v) is 7.25. The molecule has 0 aromatic heterocycles. The molecule has 0 saturated carbocycles. The number of nitrogens with zero attached hydrogens (tertiary/aromatic N) is 2. The summed E-state index contributed by atoms with van der Waals surface area (Å²) in [6.07, 6.45) is 5.19. The van der Waals surface area contributed by atoms with Gasteiger partial charge in [-0.05, 0) is 59.9 Å². The molecule has 102 valence electrons. The monoisotopic (exact) mass is 241 g/mol. The summed E-state index contributed by atoms with van der Waals surface area (Å²) in [5, 5.41) is 3.68. The molecule has 17 heavy (non-hydrogen) atoms. The second-order valence-electron chi connectivity index (χ2n) is 5.73. The van der Waals surface area contributed by atoms with Crippen LogP contribution in [0, 0.1) is 0 Å². The molecule has 3 heteroatoms. The Bertz CT molecular complexity index is 194. The molecule has 1 saturated heterocycles. The molecule has 0 aromatic rings. The van der Waals surface area contributed by atoms with E-state index >= 15 is 0 Å². The van der Waals surface area contributed by atoms with Gasteiger partial charge >= 0.3 is 0 Å². The number of nitrogens with one attached hydrogen (secondary N) is 1. The van der Waals surface area contributed by atoms with Crippen molar-refractivity contribution in [2.45, 2.75) is 51.6 Å². The van der Waals surface area contributed by atoms with Gasteiger partial charge in [-0.2, -0.15) is 0 Å². The van der Waals surface area contributed by atoms with Crippen LogP contribution in [-0.4, -0.2) is 62.2 Å². The Morgan fingerprint density at radius 3 is 2.82 bits per heavy atom. The fraction of sp³-hybridized carbons (Fsp3) is 1.00. The zero-order chi connectivity index (χ0) is 12.7. The van der Waals surface area contributed by atoms with Crippen LogP contribution >= 0.6 is 0 Å². The Labute approximate surface area is 108 Å². The summed E-state index contributed by atoms with van der Waals surface area (Å²) < 4.78 is 0. The molecule has 2 atom stereocenters. The first-order valence-electron chi connectivity index (χ1n) is 7.25. The van der Waals surface area contributed by atoms with Gasteiger partial charge < -0.3 is 10.2 Å². The summed E-state index contributed by atoms with van der Waals surface area (Å²) in [6, 6.07) is 1.43. The van der Waals surface area contributed by atoms with Crippen LogP contribution in [0.5, 0.6) is 0 Å². The van der Waals surface area contributed by atoms with Crippen LogP contribution in [0.2, 0.25) is 0 Å². The molecule has 2 unspecified atom stereocenters. The first-order chi connectivity index (χ1) is 8.13. The third kappa shape index (κ3) is 5.84. The van der Waals surface area contributed by atoms with Crippen molar-refractivity contribution in [3.8, 4) is 0 Å². The molecule has 0 bridgehead atoms. The second-order valence-corrected chi connectivity index (χ2v) is 5.73. The minimum Gasteiger partial charge on any atom is -0.313 e. The van der Waals surface area contributed by atoms with Crippen LogP contribution in [0.1, 0.15) is 39.5 Å². The smallest absolute Gasteiger partial charge is 0.0195 e. The van der Waals surface area contributed by atoms with Gasteiger partial charge in [-0.25, -0.2) is 0 Å². The van der Waals surface area contributed by atoms with E-state index in [0.717, 1.165) is 6.04 Å². The Morgan fingerprint density at radius 2 is 2.18 bits per heavy atom. The van der Waals surface area contributed by atoms with Crippen LogP contribution in [0.25, 0.3) is 0 Å². The maximum Gasteiger partial charge on any atom is 0.0195 e. The van der Waals surface area contributed by atoms with Gasteiger partial charge in [-0.15, -0.1) is 0 Å². The number of hydrogen-bond donors (Lipinski definition) is 1. The fourth-order valence-corrected chi connectivity index (χ4v) is 2.60. The molecular weight excluding hydrogens is 210 g/mol. The van der Waals surface area contributed by atoms with Gasteiger partial charge in [-0.1, -0.05) is 13.3 Å². The van der Waals surface area contributed by atoms with E-state index in [1.807, 2.05) is 0 Å². The highest BCUT2D eigenvalue weighted by Gasteiger charge is 2.20. The zero-order valence-corrected chi connectivity index (χ0v) is 12.2. The van der Waals surface area contributed by atoms with Gasteiger partial charge in [0.1, 0.15) is 0 Å². The molecule has 3 nitrogen and oxygen atoms in total. The summed E-state index contributed by atoms with van der Waals surface area (Å²) >= 11 is 0. The highest BCUT2D eigenvalue weighted by Crippen LogP contribution is 2.11. The molecule has 0 radical (unpaired) electrons. The number of hydrogen-bond acceptors (Lipinski definition) is 3. The van der Waals surface area contributed by atoms with Crippen LogP contribution in [0.3, 0.4) is 0 Å². The molecule has 0 amide bonds. The topological polar surface area (TPSA) is 18.5 Å². The SMILES string of the molecule is CCCC1CN(C(C)CCN(C)C)CCCN1. The highest BCUT2D eigenvalue weighted by atomic mass is 15.2. The summed E-state index contributed by atoms with van der Waals surface area (Å²) in [4.78, 5) is 4.97. The fourth-order valence-electron chi connectivity index (χ4n) is 2.60. The van der Waals surface area contributed by atoms with Crippen LogP contribution < -0.4 is 5.32 Å². The third-order valence-corrected chi connectivity index (χ3v) is 3.76. The van der Waals surface area contributed by atoms with Gasteiger partial charge in [0.25, 0.3) is 0 Å². The minimum atomic E-state index is 0.712. The molecular formula is C14H31N3. The second kappa shape index (κ2) is 8.06. The minimum absolute atomic E-state index is 0.712. The Morgan fingerprint density at radius 1 is 1.41 bits per heavy atom. The summed E-state index contributed by atoms with van der Waals surface area (Å²) in [5.74, 6) is 0. The van der Waals surface area contributed by atoms with Gasteiger partial charge in [0, 0.05) is 18.6 Å². The van der Waals surface area contributed by atoms with Crippen molar-refractivity contribution < 1.29 is 0 Å². The molecule has 0 spiro atoms. The molecule has 1 rings (SSSR count). The van der Waals surface area contributed by atoms with E-state index in [1.54, 1.807) is 0 Å². The Balaban J connectivity index is 2.38. The van der Waals surface area contributed by atoms with E-state index in [0.29, 0.717) is 6.04 Å². The molecule has 1 N–H and O–H groups in total. The molecule has 0 aromatic carbocycles. The highest BCUT2D eigenvalue weighted by molar-refractivity contribution is 4.79. The standard InChI is InChI=1S/C14H31N3/c1-5-7-14-12-17(10-6-9-15-14)13(2)8-11-16(3)4/h13-15H,5-12H2,1-4H3. The van der Waals surface area contributed by atoms with E-state index in [9.17, 15) is 0 Å². The van der Waals surface area contributed by atoms with Crippen molar-refractivity contribution in [1.29, 1.82) is 0 Å². The first kappa shape index (κ1) is 14.9. The quantitative estimate of drug-likeness (QED) is 0.765. The predicted molar refractivity (Wildman–Crippen MR) is 75.5 cm³/mol. The maximum atomic E-state index is 3.68. The van der Waals surface area contributed by atoms with E-state index < -0.39 is 0 Å². The lowest BCUT2D eigenvalue weighted by atomic mass is 10.1. The predicted octanol–water partition coefficient (Wildman–Crippen LogP) is 1.79. The van der Waals surface area contributed by atoms with Crippen LogP contribution in [-0.2, 0) is 0 Å². The van der Waals surface area contributed by atoms with Crippen molar-refractivity contribution in [2.24, 2.45) is 0 Å². The molecule has 1 aliphatic rings. The third-order valence-electron chi connectivity index (χ3n) is 3.76. The largest absolute Gasteiger partial charge is 0.313 e. The van der Waals surface area contributed by atoms with Crippen molar-refractivity contribution >= 4 is 0 Å². The van der Waals surface area contributed by atoms with E-state index in [-0.39, 0.29) is 0 Å². The summed E-state index contributed by atoms with van der Waals surface area (Å²) in [6.45, 7) is 9.57. The lowest BCUT2D eigenvalue weighted by Crippen LogP contribution is -2.42. The average molecular weight is 241 g/mol. The summed E-state index contributed by atoms with van der Waals surface area (Å²) in [5.41, 5.74) is 0. The molecule has 1 fully saturated rings. The lowest BCUT2D eigenvalue weighted by molar-refractivity contribution is 0.182.